The molecule has 198 valence electrons. The molecule has 2 aliphatic rings. The molecule has 1 aliphatic heterocycles. The normalized spacial score (nSPS) is 26.3. The fourth-order valence-corrected chi connectivity index (χ4v) is 8.17. The fourth-order valence-electron chi connectivity index (χ4n) is 5.44. The van der Waals surface area contributed by atoms with Crippen molar-refractivity contribution >= 4 is 51.8 Å². The van der Waals surface area contributed by atoms with Crippen LogP contribution in [-0.2, 0) is 17.8 Å². The van der Waals surface area contributed by atoms with Gasteiger partial charge >= 0.3 is 0 Å². The van der Waals surface area contributed by atoms with Crippen molar-refractivity contribution in [1.82, 2.24) is 14.5 Å². The number of carbonyl (C=O) groups is 1. The number of nitrogen functional groups attached to an aromatic ring is 1. The molecule has 7 nitrogen and oxygen atoms in total. The lowest BCUT2D eigenvalue weighted by molar-refractivity contribution is 0.102. The maximum Gasteiger partial charge on any atom is 0.261 e. The highest BCUT2D eigenvalue weighted by molar-refractivity contribution is 7.98. The van der Waals surface area contributed by atoms with Gasteiger partial charge in [0.25, 0.3) is 5.91 Å². The lowest BCUT2D eigenvalue weighted by Gasteiger charge is -2.22. The number of halogens is 2. The number of nitrogens with one attached hydrogen (secondary N) is 2. The van der Waals surface area contributed by atoms with E-state index in [2.05, 4.69) is 22.1 Å². The molecule has 2 fully saturated rings. The Labute approximate surface area is 224 Å². The molecule has 0 bridgehead atoms. The van der Waals surface area contributed by atoms with Gasteiger partial charge in [-0.2, -0.15) is 5.10 Å². The Morgan fingerprint density at radius 3 is 2.72 bits per heavy atom. The van der Waals surface area contributed by atoms with Crippen LogP contribution in [0.1, 0.15) is 67.4 Å². The Morgan fingerprint density at radius 1 is 1.31 bits per heavy atom. The van der Waals surface area contributed by atoms with E-state index in [-0.39, 0.29) is 16.8 Å². The van der Waals surface area contributed by atoms with Gasteiger partial charge in [0.15, 0.2) is 0 Å². The van der Waals surface area contributed by atoms with Crippen LogP contribution in [0.5, 0.6) is 0 Å². The second-order valence-electron chi connectivity index (χ2n) is 9.80. The minimum atomic E-state index is -0.625. The summed E-state index contributed by atoms with van der Waals surface area (Å²) in [6, 6.07) is 4.08. The third-order valence-corrected chi connectivity index (χ3v) is 10.3. The van der Waals surface area contributed by atoms with Crippen LogP contribution < -0.4 is 15.8 Å². The molecule has 4 N–H and O–H groups in total. The van der Waals surface area contributed by atoms with Gasteiger partial charge in [0.2, 0.25) is 0 Å². The second-order valence-corrected chi connectivity index (χ2v) is 13.1. The summed E-state index contributed by atoms with van der Waals surface area (Å²) in [4.78, 5) is 13.2. The minimum absolute atomic E-state index is 0.0539. The summed E-state index contributed by atoms with van der Waals surface area (Å²) in [5.74, 6) is 2.32. The first-order valence-corrected chi connectivity index (χ1v) is 15.3. The molecule has 2 heterocycles. The number of rotatable bonds is 9. The lowest BCUT2D eigenvalue weighted by atomic mass is 9.91. The predicted molar refractivity (Wildman–Crippen MR) is 147 cm³/mol. The summed E-state index contributed by atoms with van der Waals surface area (Å²) >= 11 is 7.68. The van der Waals surface area contributed by atoms with E-state index in [1.807, 2.05) is 0 Å². The van der Waals surface area contributed by atoms with Crippen LogP contribution >= 0.6 is 23.5 Å². The molecule has 0 spiro atoms. The maximum absolute atomic E-state index is 13.5. The molecule has 1 aromatic heterocycles. The molecule has 1 saturated carbocycles. The topological polar surface area (TPSA) is 102 Å². The van der Waals surface area contributed by atoms with Crippen molar-refractivity contribution in [3.8, 4) is 0 Å². The number of anilines is 2. The highest BCUT2D eigenvalue weighted by atomic mass is 35.5. The van der Waals surface area contributed by atoms with Gasteiger partial charge in [-0.15, -0.1) is 0 Å². The van der Waals surface area contributed by atoms with Crippen LogP contribution in [0.2, 0.25) is 5.02 Å². The molecule has 11 heteroatoms. The zero-order valence-corrected chi connectivity index (χ0v) is 23.2. The zero-order chi connectivity index (χ0) is 25.8. The van der Waals surface area contributed by atoms with E-state index in [4.69, 9.17) is 17.3 Å². The summed E-state index contributed by atoms with van der Waals surface area (Å²) in [7, 11) is 1.12. The van der Waals surface area contributed by atoms with Crippen LogP contribution in [-0.4, -0.2) is 43.2 Å². The molecule has 1 aliphatic carbocycles. The monoisotopic (exact) mass is 555 g/mol. The van der Waals surface area contributed by atoms with Crippen molar-refractivity contribution in [2.75, 3.05) is 29.1 Å². The molecule has 1 saturated heterocycles. The van der Waals surface area contributed by atoms with Gasteiger partial charge in [-0.1, -0.05) is 36.9 Å². The highest BCUT2D eigenvalue weighted by Crippen LogP contribution is 2.46. The predicted octanol–water partition coefficient (Wildman–Crippen LogP) is 5.11. The first-order valence-electron chi connectivity index (χ1n) is 12.6. The first-order chi connectivity index (χ1) is 17.3. The molecule has 3 unspecified atom stereocenters. The molecule has 0 radical (unpaired) electrons. The Bertz CT molecular complexity index is 1100. The zero-order valence-electron chi connectivity index (χ0n) is 20.8. The molecule has 1 amide bonds. The maximum atomic E-state index is 13.5. The number of carbonyl (C=O) groups excluding carboxylic acids is 1. The van der Waals surface area contributed by atoms with Gasteiger partial charge in [-0.25, -0.2) is 4.39 Å². The van der Waals surface area contributed by atoms with Crippen LogP contribution in [0.4, 0.5) is 15.9 Å². The average molecular weight is 556 g/mol. The standard InChI is InChI=1S/C25H35ClFN5O2S2/c1-3-15-12-17(13-16(15)6-9-29-35-19-7-10-36(34)11-8-19)23-22(24(28)32(2)31-23)25(33)30-18-4-5-21(27)20(26)14-18/h4-5,14-17,19,29H,3,6-13,28H2,1-2H3,(H,30,33). The average Bonchev–Trinajstić information content (AvgIpc) is 3.40. The van der Waals surface area contributed by atoms with Crippen LogP contribution in [0.15, 0.2) is 18.2 Å². The van der Waals surface area contributed by atoms with Crippen molar-refractivity contribution < 1.29 is 13.4 Å². The van der Waals surface area contributed by atoms with E-state index >= 15 is 0 Å². The summed E-state index contributed by atoms with van der Waals surface area (Å²) < 4.78 is 30.2. The number of nitrogens with zero attached hydrogens (tertiary/aromatic N) is 2. The Balaban J connectivity index is 1.39. The van der Waals surface area contributed by atoms with Gasteiger partial charge in [0.05, 0.1) is 10.7 Å². The van der Waals surface area contributed by atoms with Crippen molar-refractivity contribution in [2.24, 2.45) is 18.9 Å². The molecule has 1 aromatic carbocycles. The smallest absolute Gasteiger partial charge is 0.261 e. The number of aryl methyl sites for hydroxylation is 1. The fraction of sp³-hybridized carbons (Fsp3) is 0.600. The van der Waals surface area contributed by atoms with Crippen LogP contribution in [0.25, 0.3) is 0 Å². The summed E-state index contributed by atoms with van der Waals surface area (Å²) in [6.45, 7) is 3.16. The molecule has 3 atom stereocenters. The largest absolute Gasteiger partial charge is 0.383 e. The van der Waals surface area contributed by atoms with Gasteiger partial charge in [-0.05, 0) is 62.1 Å². The van der Waals surface area contributed by atoms with Crippen molar-refractivity contribution in [3.05, 3.63) is 40.3 Å². The number of nitrogens with two attached hydrogens (primary N) is 1. The minimum Gasteiger partial charge on any atom is -0.383 e. The van der Waals surface area contributed by atoms with Crippen molar-refractivity contribution in [1.29, 1.82) is 0 Å². The summed E-state index contributed by atoms with van der Waals surface area (Å²) in [5, 5.41) is 7.95. The van der Waals surface area contributed by atoms with Gasteiger partial charge in [-0.3, -0.25) is 18.4 Å². The molecule has 36 heavy (non-hydrogen) atoms. The van der Waals surface area contributed by atoms with Gasteiger partial charge < -0.3 is 11.1 Å². The van der Waals surface area contributed by atoms with E-state index in [9.17, 15) is 13.4 Å². The van der Waals surface area contributed by atoms with Crippen molar-refractivity contribution in [3.63, 3.8) is 0 Å². The number of hydrogen-bond acceptors (Lipinski definition) is 6. The molecule has 2 aromatic rings. The third-order valence-electron chi connectivity index (χ3n) is 7.48. The first kappa shape index (κ1) is 27.4. The van der Waals surface area contributed by atoms with Crippen LogP contribution in [0, 0.1) is 17.7 Å². The molecular weight excluding hydrogens is 521 g/mol. The van der Waals surface area contributed by atoms with Crippen LogP contribution in [0.3, 0.4) is 0 Å². The Kier molecular flexibility index (Phi) is 9.35. The number of benzene rings is 1. The molecule has 4 rings (SSSR count). The van der Waals surface area contributed by atoms with Gasteiger partial charge in [0.1, 0.15) is 17.2 Å². The van der Waals surface area contributed by atoms with E-state index in [1.54, 1.807) is 23.7 Å². The lowest BCUT2D eigenvalue weighted by Crippen LogP contribution is -2.24. The molecular formula is C25H35ClFN5O2S2. The van der Waals surface area contributed by atoms with E-state index < -0.39 is 16.6 Å². The number of hydrogen-bond donors (Lipinski definition) is 3. The number of amides is 1. The van der Waals surface area contributed by atoms with Gasteiger partial charge in [0, 0.05) is 52.8 Å². The highest BCUT2D eigenvalue weighted by Gasteiger charge is 2.38. The van der Waals surface area contributed by atoms with E-state index in [0.717, 1.165) is 62.3 Å². The number of aromatic nitrogens is 2. The second kappa shape index (κ2) is 12.3. The van der Waals surface area contributed by atoms with Crippen molar-refractivity contribution in [2.45, 2.75) is 56.6 Å². The Morgan fingerprint density at radius 2 is 2.03 bits per heavy atom. The van der Waals surface area contributed by atoms with E-state index in [0.29, 0.717) is 34.2 Å². The summed E-state index contributed by atoms with van der Waals surface area (Å²) in [5.41, 5.74) is 7.81. The summed E-state index contributed by atoms with van der Waals surface area (Å²) in [6.07, 6.45) is 6.13. The quantitative estimate of drug-likeness (QED) is 0.294. The Hall–Kier alpha value is -1.62. The van der Waals surface area contributed by atoms with E-state index in [1.165, 1.54) is 18.2 Å². The SMILES string of the molecule is CCC1CC(c2nn(C)c(N)c2C(=O)Nc2ccc(F)c(Cl)c2)CC1CCNSC1CCS(=O)CC1. The third kappa shape index (κ3) is 6.44.